The van der Waals surface area contributed by atoms with E-state index >= 15 is 0 Å². The Morgan fingerprint density at radius 1 is 1.33 bits per heavy atom. The van der Waals surface area contributed by atoms with Gasteiger partial charge >= 0.3 is 6.03 Å². The summed E-state index contributed by atoms with van der Waals surface area (Å²) >= 11 is 0. The van der Waals surface area contributed by atoms with Gasteiger partial charge in [0, 0.05) is 52.0 Å². The van der Waals surface area contributed by atoms with Crippen LogP contribution in [0, 0.1) is 6.92 Å². The molecule has 1 fully saturated rings. The van der Waals surface area contributed by atoms with Gasteiger partial charge in [0.1, 0.15) is 0 Å². The number of amides is 2. The molecule has 8 heteroatoms. The zero-order valence-corrected chi connectivity index (χ0v) is 14.2. The fraction of sp³-hybridized carbons (Fsp3) is 0.562. The molecule has 0 spiro atoms. The predicted octanol–water partition coefficient (Wildman–Crippen LogP) is 0.786. The van der Waals surface area contributed by atoms with Gasteiger partial charge in [-0.2, -0.15) is 5.10 Å². The number of urea groups is 1. The normalized spacial score (nSPS) is 15.7. The van der Waals surface area contributed by atoms with Crippen molar-refractivity contribution in [1.82, 2.24) is 30.1 Å². The SMILES string of the molecule is Cc1cc(CN2CCN(C(=O)NCCc3cnn(C)c3)CC2)on1. The molecule has 0 radical (unpaired) electrons. The average Bonchev–Trinajstić information content (AvgIpc) is 3.16. The minimum absolute atomic E-state index is 0.00838. The predicted molar refractivity (Wildman–Crippen MR) is 88.4 cm³/mol. The average molecular weight is 332 g/mol. The van der Waals surface area contributed by atoms with E-state index in [1.54, 1.807) is 4.68 Å². The Bertz CT molecular complexity index is 672. The number of hydrogen-bond acceptors (Lipinski definition) is 5. The van der Waals surface area contributed by atoms with Crippen LogP contribution in [0.5, 0.6) is 0 Å². The third kappa shape index (κ3) is 4.35. The van der Waals surface area contributed by atoms with Crippen molar-refractivity contribution >= 4 is 6.03 Å². The Hall–Kier alpha value is -2.35. The van der Waals surface area contributed by atoms with Gasteiger partial charge in [0.2, 0.25) is 0 Å². The first-order valence-corrected chi connectivity index (χ1v) is 8.25. The van der Waals surface area contributed by atoms with Crippen LogP contribution in [0.1, 0.15) is 17.0 Å². The number of aryl methyl sites for hydroxylation is 2. The van der Waals surface area contributed by atoms with Crippen molar-refractivity contribution in [2.45, 2.75) is 19.9 Å². The highest BCUT2D eigenvalue weighted by atomic mass is 16.5. The van der Waals surface area contributed by atoms with Gasteiger partial charge in [0.15, 0.2) is 5.76 Å². The van der Waals surface area contributed by atoms with Gasteiger partial charge in [0.25, 0.3) is 0 Å². The third-order valence-corrected chi connectivity index (χ3v) is 4.16. The Morgan fingerprint density at radius 2 is 2.12 bits per heavy atom. The molecule has 130 valence electrons. The first-order chi connectivity index (χ1) is 11.6. The lowest BCUT2D eigenvalue weighted by molar-refractivity contribution is 0.128. The molecular formula is C16H24N6O2. The van der Waals surface area contributed by atoms with Crippen LogP contribution in [0.15, 0.2) is 23.0 Å². The van der Waals surface area contributed by atoms with Gasteiger partial charge in [-0.15, -0.1) is 0 Å². The highest BCUT2D eigenvalue weighted by Crippen LogP contribution is 2.09. The molecule has 3 rings (SSSR count). The molecule has 0 atom stereocenters. The third-order valence-electron chi connectivity index (χ3n) is 4.16. The van der Waals surface area contributed by atoms with Crippen molar-refractivity contribution in [1.29, 1.82) is 0 Å². The molecule has 2 amide bonds. The molecule has 0 aliphatic carbocycles. The second-order valence-corrected chi connectivity index (χ2v) is 6.20. The summed E-state index contributed by atoms with van der Waals surface area (Å²) in [5.41, 5.74) is 2.03. The Kier molecular flexibility index (Phi) is 5.14. The molecule has 2 aromatic heterocycles. The van der Waals surface area contributed by atoms with E-state index in [0.717, 1.165) is 56.2 Å². The van der Waals surface area contributed by atoms with E-state index < -0.39 is 0 Å². The first-order valence-electron chi connectivity index (χ1n) is 8.25. The zero-order chi connectivity index (χ0) is 16.9. The highest BCUT2D eigenvalue weighted by Gasteiger charge is 2.21. The van der Waals surface area contributed by atoms with Crippen LogP contribution in [0.4, 0.5) is 4.79 Å². The number of carbonyl (C=O) groups excluding carboxylic acids is 1. The van der Waals surface area contributed by atoms with Crippen molar-refractivity contribution in [2.75, 3.05) is 32.7 Å². The van der Waals surface area contributed by atoms with Crippen LogP contribution >= 0.6 is 0 Å². The molecule has 3 heterocycles. The minimum atomic E-state index is 0.00838. The van der Waals surface area contributed by atoms with Crippen molar-refractivity contribution in [3.05, 3.63) is 35.5 Å². The Labute approximate surface area is 141 Å². The number of aromatic nitrogens is 3. The Balaban J connectivity index is 1.37. The number of nitrogens with one attached hydrogen (secondary N) is 1. The smallest absolute Gasteiger partial charge is 0.317 e. The lowest BCUT2D eigenvalue weighted by Crippen LogP contribution is -2.51. The molecule has 1 aliphatic rings. The molecule has 2 aromatic rings. The molecule has 1 N–H and O–H groups in total. The van der Waals surface area contributed by atoms with E-state index in [1.807, 2.05) is 37.3 Å². The van der Waals surface area contributed by atoms with Crippen LogP contribution in [0.25, 0.3) is 0 Å². The van der Waals surface area contributed by atoms with Crippen LogP contribution < -0.4 is 5.32 Å². The number of rotatable bonds is 5. The van der Waals surface area contributed by atoms with Crippen molar-refractivity contribution < 1.29 is 9.32 Å². The quantitative estimate of drug-likeness (QED) is 0.875. The fourth-order valence-corrected chi connectivity index (χ4v) is 2.85. The minimum Gasteiger partial charge on any atom is -0.360 e. The molecule has 0 bridgehead atoms. The zero-order valence-electron chi connectivity index (χ0n) is 14.2. The summed E-state index contributed by atoms with van der Waals surface area (Å²) in [4.78, 5) is 16.4. The van der Waals surface area contributed by atoms with Gasteiger partial charge in [-0.3, -0.25) is 9.58 Å². The molecule has 1 aliphatic heterocycles. The second-order valence-electron chi connectivity index (χ2n) is 6.20. The van der Waals surface area contributed by atoms with E-state index in [4.69, 9.17) is 4.52 Å². The van der Waals surface area contributed by atoms with E-state index in [0.29, 0.717) is 6.54 Å². The van der Waals surface area contributed by atoms with E-state index in [2.05, 4.69) is 20.5 Å². The molecule has 0 unspecified atom stereocenters. The summed E-state index contributed by atoms with van der Waals surface area (Å²) in [6, 6.07) is 1.96. The molecule has 24 heavy (non-hydrogen) atoms. The maximum absolute atomic E-state index is 12.2. The van der Waals surface area contributed by atoms with Crippen molar-refractivity contribution in [3.8, 4) is 0 Å². The maximum atomic E-state index is 12.2. The summed E-state index contributed by atoms with van der Waals surface area (Å²) in [5, 5.41) is 11.0. The van der Waals surface area contributed by atoms with Gasteiger partial charge in [-0.05, 0) is 18.9 Å². The highest BCUT2D eigenvalue weighted by molar-refractivity contribution is 5.74. The Morgan fingerprint density at radius 3 is 2.75 bits per heavy atom. The maximum Gasteiger partial charge on any atom is 0.317 e. The molecule has 0 saturated carbocycles. The largest absolute Gasteiger partial charge is 0.360 e. The number of carbonyl (C=O) groups is 1. The summed E-state index contributed by atoms with van der Waals surface area (Å²) in [5.74, 6) is 0.877. The number of hydrogen-bond donors (Lipinski definition) is 1. The van der Waals surface area contributed by atoms with Gasteiger partial charge in [-0.1, -0.05) is 5.16 Å². The monoisotopic (exact) mass is 332 g/mol. The lowest BCUT2D eigenvalue weighted by atomic mass is 10.2. The van der Waals surface area contributed by atoms with Gasteiger partial charge < -0.3 is 14.7 Å². The summed E-state index contributed by atoms with van der Waals surface area (Å²) < 4.78 is 7.02. The molecular weight excluding hydrogens is 308 g/mol. The summed E-state index contributed by atoms with van der Waals surface area (Å²) in [7, 11) is 1.89. The van der Waals surface area contributed by atoms with Crippen LogP contribution in [0.2, 0.25) is 0 Å². The first kappa shape index (κ1) is 16.5. The second kappa shape index (κ2) is 7.48. The lowest BCUT2D eigenvalue weighted by Gasteiger charge is -2.34. The van der Waals surface area contributed by atoms with E-state index in [-0.39, 0.29) is 6.03 Å². The molecule has 8 nitrogen and oxygen atoms in total. The van der Waals surface area contributed by atoms with Crippen molar-refractivity contribution in [3.63, 3.8) is 0 Å². The number of piperazine rings is 1. The van der Waals surface area contributed by atoms with Crippen LogP contribution in [-0.2, 0) is 20.0 Å². The van der Waals surface area contributed by atoms with Crippen LogP contribution in [-0.4, -0.2) is 63.5 Å². The van der Waals surface area contributed by atoms with Gasteiger partial charge in [-0.25, -0.2) is 4.79 Å². The number of nitrogens with zero attached hydrogens (tertiary/aromatic N) is 5. The van der Waals surface area contributed by atoms with Crippen molar-refractivity contribution in [2.24, 2.45) is 7.05 Å². The molecule has 0 aromatic carbocycles. The standard InChI is InChI=1S/C16H24N6O2/c1-13-9-15(24-19-13)12-21-5-7-22(8-6-21)16(23)17-4-3-14-10-18-20(2)11-14/h9-11H,3-8,12H2,1-2H3,(H,17,23). The molecule has 1 saturated heterocycles. The summed E-state index contributed by atoms with van der Waals surface area (Å²) in [6.07, 6.45) is 4.59. The van der Waals surface area contributed by atoms with E-state index in [1.165, 1.54) is 0 Å². The van der Waals surface area contributed by atoms with E-state index in [9.17, 15) is 4.79 Å². The topological polar surface area (TPSA) is 79.4 Å². The van der Waals surface area contributed by atoms with Crippen LogP contribution in [0.3, 0.4) is 0 Å². The van der Waals surface area contributed by atoms with Gasteiger partial charge in [0.05, 0.1) is 18.4 Å². The summed E-state index contributed by atoms with van der Waals surface area (Å²) in [6.45, 7) is 6.43. The fourth-order valence-electron chi connectivity index (χ4n) is 2.85.